The summed E-state index contributed by atoms with van der Waals surface area (Å²) < 4.78 is 0.683. The van der Waals surface area contributed by atoms with Gasteiger partial charge in [0.25, 0.3) is 0 Å². The van der Waals surface area contributed by atoms with Crippen LogP contribution in [0.1, 0.15) is 25.8 Å². The van der Waals surface area contributed by atoms with E-state index in [1.165, 1.54) is 23.1 Å². The zero-order valence-corrected chi connectivity index (χ0v) is 14.1. The van der Waals surface area contributed by atoms with Crippen LogP contribution in [-0.4, -0.2) is 45.2 Å². The Morgan fingerprint density at radius 2 is 2.05 bits per heavy atom. The van der Waals surface area contributed by atoms with Crippen LogP contribution in [-0.2, 0) is 10.2 Å². The van der Waals surface area contributed by atoms with E-state index in [1.807, 2.05) is 14.1 Å². The Morgan fingerprint density at radius 3 is 2.53 bits per heavy atom. The van der Waals surface area contributed by atoms with E-state index >= 15 is 0 Å². The molecule has 8 heteroatoms. The highest BCUT2D eigenvalue weighted by atomic mass is 32.2. The zero-order chi connectivity index (χ0) is 14.6. The van der Waals surface area contributed by atoms with E-state index in [-0.39, 0.29) is 17.1 Å². The number of thioether (sulfide) groups is 1. The predicted molar refractivity (Wildman–Crippen MR) is 86.0 cm³/mol. The van der Waals surface area contributed by atoms with Gasteiger partial charge < -0.3 is 4.90 Å². The van der Waals surface area contributed by atoms with Crippen molar-refractivity contribution in [3.63, 3.8) is 0 Å². The van der Waals surface area contributed by atoms with Crippen LogP contribution in [0.5, 0.6) is 0 Å². The summed E-state index contributed by atoms with van der Waals surface area (Å²) >= 11 is 7.83. The van der Waals surface area contributed by atoms with Crippen molar-refractivity contribution in [3.8, 4) is 0 Å². The van der Waals surface area contributed by atoms with E-state index in [1.54, 1.807) is 4.90 Å². The highest BCUT2D eigenvalue weighted by molar-refractivity contribution is 8.23. The molecule has 0 atom stereocenters. The Labute approximate surface area is 127 Å². The molecular weight excluding hydrogens is 300 g/mol. The number of carbonyl (C=O) groups is 1. The van der Waals surface area contributed by atoms with Gasteiger partial charge in [0.15, 0.2) is 0 Å². The van der Waals surface area contributed by atoms with Gasteiger partial charge in [0.2, 0.25) is 11.0 Å². The van der Waals surface area contributed by atoms with Gasteiger partial charge in [-0.05, 0) is 0 Å². The van der Waals surface area contributed by atoms with Crippen LogP contribution in [0, 0.1) is 0 Å². The van der Waals surface area contributed by atoms with Gasteiger partial charge in [-0.25, -0.2) is 0 Å². The Kier molecular flexibility index (Phi) is 5.69. The van der Waals surface area contributed by atoms with Crippen molar-refractivity contribution in [2.45, 2.75) is 26.2 Å². The van der Waals surface area contributed by atoms with Gasteiger partial charge in [-0.1, -0.05) is 56.1 Å². The highest BCUT2D eigenvalue weighted by Crippen LogP contribution is 2.27. The van der Waals surface area contributed by atoms with Crippen LogP contribution in [0.15, 0.2) is 0 Å². The number of hydrogen-bond acceptors (Lipinski definition) is 6. The number of aromatic nitrogens is 2. The summed E-state index contributed by atoms with van der Waals surface area (Å²) in [4.78, 5) is 13.5. The number of thiocarbonyl (C=S) groups is 1. The predicted octanol–water partition coefficient (Wildman–Crippen LogP) is 2.35. The lowest BCUT2D eigenvalue weighted by atomic mass is 9.98. The molecule has 0 fully saturated rings. The molecule has 0 aliphatic rings. The minimum Gasteiger partial charge on any atom is -0.364 e. The Bertz CT molecular complexity index is 465. The van der Waals surface area contributed by atoms with Crippen molar-refractivity contribution in [3.05, 3.63) is 5.01 Å². The van der Waals surface area contributed by atoms with Gasteiger partial charge in [-0.2, -0.15) is 0 Å². The number of amides is 1. The van der Waals surface area contributed by atoms with Gasteiger partial charge in [-0.15, -0.1) is 10.2 Å². The van der Waals surface area contributed by atoms with Gasteiger partial charge in [0.05, 0.1) is 5.75 Å². The molecule has 0 saturated heterocycles. The summed E-state index contributed by atoms with van der Waals surface area (Å²) in [6, 6.07) is 0. The minimum atomic E-state index is -0.120. The molecule has 1 aromatic heterocycles. The van der Waals surface area contributed by atoms with Crippen LogP contribution in [0.2, 0.25) is 0 Å². The monoisotopic (exact) mass is 318 g/mol. The van der Waals surface area contributed by atoms with Gasteiger partial charge in [-0.3, -0.25) is 10.1 Å². The first-order valence-corrected chi connectivity index (χ1v) is 7.89. The van der Waals surface area contributed by atoms with Crippen LogP contribution < -0.4 is 5.32 Å². The number of nitrogens with zero attached hydrogens (tertiary/aromatic N) is 3. The van der Waals surface area contributed by atoms with Crippen molar-refractivity contribution in [2.24, 2.45) is 0 Å². The van der Waals surface area contributed by atoms with Crippen molar-refractivity contribution in [1.82, 2.24) is 15.1 Å². The topological polar surface area (TPSA) is 58.1 Å². The first-order valence-electron chi connectivity index (χ1n) is 5.68. The average Bonchev–Trinajstić information content (AvgIpc) is 2.73. The van der Waals surface area contributed by atoms with Crippen molar-refractivity contribution in [1.29, 1.82) is 0 Å². The number of carbonyl (C=O) groups excluding carboxylic acids is 1. The molecule has 0 spiro atoms. The zero-order valence-electron chi connectivity index (χ0n) is 11.7. The maximum Gasteiger partial charge on any atom is 0.236 e. The fraction of sp³-hybridized carbons (Fsp3) is 0.636. The average molecular weight is 318 g/mol. The molecule has 5 nitrogen and oxygen atoms in total. The van der Waals surface area contributed by atoms with Crippen LogP contribution >= 0.6 is 35.3 Å². The van der Waals surface area contributed by atoms with E-state index < -0.39 is 0 Å². The Morgan fingerprint density at radius 1 is 1.42 bits per heavy atom. The molecule has 0 saturated carbocycles. The molecule has 1 rings (SSSR count). The summed E-state index contributed by atoms with van der Waals surface area (Å²) in [7, 11) is 3.71. The van der Waals surface area contributed by atoms with Gasteiger partial charge >= 0.3 is 0 Å². The molecule has 19 heavy (non-hydrogen) atoms. The van der Waals surface area contributed by atoms with Gasteiger partial charge in [0.1, 0.15) is 9.33 Å². The largest absolute Gasteiger partial charge is 0.364 e. The fourth-order valence-electron chi connectivity index (χ4n) is 0.989. The van der Waals surface area contributed by atoms with E-state index in [4.69, 9.17) is 12.2 Å². The Hall–Kier alpha value is -0.730. The SMILES string of the molecule is CN(C)C(=S)SCC(=O)Nc1nnc(C(C)(C)C)s1. The standard InChI is InChI=1S/C11H18N4OS3/c1-11(2,3)8-13-14-9(19-8)12-7(16)6-18-10(17)15(4)5/h6H2,1-5H3,(H,12,14,16). The molecule has 0 unspecified atom stereocenters. The third kappa shape index (κ3) is 5.42. The first-order chi connectivity index (χ1) is 8.70. The summed E-state index contributed by atoms with van der Waals surface area (Å²) in [5.41, 5.74) is -0.0537. The molecule has 0 bridgehead atoms. The summed E-state index contributed by atoms with van der Waals surface area (Å²) in [6.07, 6.45) is 0. The van der Waals surface area contributed by atoms with Crippen LogP contribution in [0.3, 0.4) is 0 Å². The van der Waals surface area contributed by atoms with E-state index in [0.29, 0.717) is 9.45 Å². The maximum absolute atomic E-state index is 11.7. The fourth-order valence-corrected chi connectivity index (χ4v) is 2.57. The molecule has 1 amide bonds. The maximum atomic E-state index is 11.7. The molecule has 106 valence electrons. The molecule has 1 aromatic rings. The summed E-state index contributed by atoms with van der Waals surface area (Å²) in [5.74, 6) is 0.160. The molecule has 0 aromatic carbocycles. The quantitative estimate of drug-likeness (QED) is 0.863. The normalized spacial score (nSPS) is 11.2. The second-order valence-electron chi connectivity index (χ2n) is 5.16. The van der Waals surface area contributed by atoms with Crippen molar-refractivity contribution < 1.29 is 4.79 Å². The lowest BCUT2D eigenvalue weighted by molar-refractivity contribution is -0.113. The van der Waals surface area contributed by atoms with Crippen molar-refractivity contribution in [2.75, 3.05) is 25.2 Å². The molecule has 0 aliphatic heterocycles. The number of nitrogens with one attached hydrogen (secondary N) is 1. The lowest BCUT2D eigenvalue weighted by Gasteiger charge is -2.12. The minimum absolute atomic E-state index is 0.0537. The highest BCUT2D eigenvalue weighted by Gasteiger charge is 2.20. The van der Waals surface area contributed by atoms with E-state index in [9.17, 15) is 4.79 Å². The second-order valence-corrected chi connectivity index (χ2v) is 7.75. The molecule has 1 heterocycles. The number of hydrogen-bond donors (Lipinski definition) is 1. The smallest absolute Gasteiger partial charge is 0.236 e. The Balaban J connectivity index is 2.49. The molecule has 0 aliphatic carbocycles. The van der Waals surface area contributed by atoms with E-state index in [0.717, 1.165) is 5.01 Å². The molecule has 1 N–H and O–H groups in total. The molecular formula is C11H18N4OS3. The second kappa shape index (κ2) is 6.62. The summed E-state index contributed by atoms with van der Waals surface area (Å²) in [6.45, 7) is 6.18. The van der Waals surface area contributed by atoms with Gasteiger partial charge in [0, 0.05) is 19.5 Å². The van der Waals surface area contributed by atoms with E-state index in [2.05, 4.69) is 36.3 Å². The third-order valence-electron chi connectivity index (χ3n) is 2.00. The van der Waals surface area contributed by atoms with Crippen LogP contribution in [0.4, 0.5) is 5.13 Å². The van der Waals surface area contributed by atoms with Crippen LogP contribution in [0.25, 0.3) is 0 Å². The third-order valence-corrected chi connectivity index (χ3v) is 5.01. The molecule has 0 radical (unpaired) electrons. The lowest BCUT2D eigenvalue weighted by Crippen LogP contribution is -2.20. The first kappa shape index (κ1) is 16.3. The summed E-state index contributed by atoms with van der Waals surface area (Å²) in [5, 5.41) is 12.2. The number of rotatable bonds is 3. The number of anilines is 1. The van der Waals surface area contributed by atoms with Crippen molar-refractivity contribution >= 4 is 50.7 Å².